The van der Waals surface area contributed by atoms with Gasteiger partial charge in [-0.05, 0) is 24.3 Å². The number of halogens is 1. The fraction of sp³-hybridized carbons (Fsp3) is 0.188. The Kier molecular flexibility index (Phi) is 3.37. The molecule has 1 aromatic carbocycles. The van der Waals surface area contributed by atoms with Gasteiger partial charge in [0.05, 0.1) is 12.0 Å². The summed E-state index contributed by atoms with van der Waals surface area (Å²) >= 11 is 0. The van der Waals surface area contributed by atoms with E-state index in [-0.39, 0.29) is 29.1 Å². The van der Waals surface area contributed by atoms with Crippen LogP contribution in [0.4, 0.5) is 11.5 Å². The summed E-state index contributed by atoms with van der Waals surface area (Å²) in [7, 11) is 2.08. The van der Waals surface area contributed by atoms with Gasteiger partial charge in [-0.25, -0.2) is 4.57 Å². The molecule has 22 heavy (non-hydrogen) atoms. The Balaban J connectivity index is 0.00000144. The highest BCUT2D eigenvalue weighted by molar-refractivity contribution is 5.79. The van der Waals surface area contributed by atoms with Gasteiger partial charge in [0.25, 0.3) is 11.5 Å². The van der Waals surface area contributed by atoms with Crippen molar-refractivity contribution in [2.24, 2.45) is 0 Å². The van der Waals surface area contributed by atoms with E-state index in [0.29, 0.717) is 6.04 Å². The molecule has 1 aliphatic heterocycles. The van der Waals surface area contributed by atoms with Crippen molar-refractivity contribution in [2.75, 3.05) is 11.9 Å². The predicted octanol–water partition coefficient (Wildman–Crippen LogP) is -0.475. The molecule has 5 nitrogen and oxygen atoms in total. The summed E-state index contributed by atoms with van der Waals surface area (Å²) in [4.78, 5) is 12.8. The Morgan fingerprint density at radius 2 is 1.95 bits per heavy atom. The summed E-state index contributed by atoms with van der Waals surface area (Å²) in [6.07, 6.45) is 8.49. The Hall–Kier alpha value is -2.40. The van der Waals surface area contributed by atoms with Crippen LogP contribution in [0.15, 0.2) is 54.6 Å². The number of allylic oxidation sites excluding steroid dienone is 2. The maximum absolute atomic E-state index is 10.9. The van der Waals surface area contributed by atoms with E-state index in [1.54, 1.807) is 12.1 Å². The normalized spacial score (nSPS) is 21.4. The number of likely N-dealkylation sites (N-methyl/N-ethyl adjacent to an activating group) is 1. The molecule has 0 spiro atoms. The molecule has 2 heterocycles. The van der Waals surface area contributed by atoms with Gasteiger partial charge in [-0.3, -0.25) is 15.0 Å². The molecule has 0 radical (unpaired) electrons. The number of nitrogens with zero attached hydrogens (tertiary/aromatic N) is 3. The standard InChI is InChI=1S/C16H14N3O2.ClH/c1-17-14-4-2-3-5-15(14)18-13-8-7-12(19(20)21)10-11(13)6-9-16(17)18;/h2-10,14-15H,1H3;1H/q+1;/p-1. The van der Waals surface area contributed by atoms with Crippen LogP contribution in [0, 0.1) is 10.1 Å². The first-order chi connectivity index (χ1) is 10.2. The average molecular weight is 316 g/mol. The number of nitro benzene ring substituents is 1. The number of pyridine rings is 1. The van der Waals surface area contributed by atoms with Crippen molar-refractivity contribution in [1.82, 2.24) is 0 Å². The summed E-state index contributed by atoms with van der Waals surface area (Å²) in [6, 6.07) is 9.58. The van der Waals surface area contributed by atoms with Gasteiger partial charge in [0, 0.05) is 23.6 Å². The van der Waals surface area contributed by atoms with Crippen molar-refractivity contribution < 1.29 is 21.9 Å². The van der Waals surface area contributed by atoms with Crippen LogP contribution in [-0.4, -0.2) is 18.0 Å². The van der Waals surface area contributed by atoms with E-state index >= 15 is 0 Å². The Labute approximate surface area is 133 Å². The minimum absolute atomic E-state index is 0. The van der Waals surface area contributed by atoms with Gasteiger partial charge in [-0.2, -0.15) is 0 Å². The van der Waals surface area contributed by atoms with E-state index in [0.717, 1.165) is 16.7 Å². The Morgan fingerprint density at radius 3 is 2.73 bits per heavy atom. The molecule has 2 atom stereocenters. The second-order valence-electron chi connectivity index (χ2n) is 5.42. The fourth-order valence-corrected chi connectivity index (χ4v) is 3.31. The smallest absolute Gasteiger partial charge is 0.278 e. The molecule has 1 aromatic heterocycles. The van der Waals surface area contributed by atoms with Crippen LogP contribution in [0.25, 0.3) is 10.9 Å². The van der Waals surface area contributed by atoms with Gasteiger partial charge in [-0.1, -0.05) is 12.2 Å². The SMILES string of the molecule is CN1c2ccc3cc([N+](=O)[O-])ccc3[n+]2C2C=CC=CC21.[Cl-]. The first-order valence-corrected chi connectivity index (χ1v) is 6.87. The van der Waals surface area contributed by atoms with E-state index in [9.17, 15) is 10.1 Å². The number of fused-ring (bicyclic) bond motifs is 5. The van der Waals surface area contributed by atoms with E-state index < -0.39 is 0 Å². The number of rotatable bonds is 1. The summed E-state index contributed by atoms with van der Waals surface area (Å²) in [5.41, 5.74) is 1.16. The molecule has 0 fully saturated rings. The number of hydrogen-bond acceptors (Lipinski definition) is 3. The molecule has 0 saturated heterocycles. The molecule has 1 aliphatic carbocycles. The molecular formula is C16H14ClN3O2. The van der Waals surface area contributed by atoms with E-state index in [1.165, 1.54) is 0 Å². The van der Waals surface area contributed by atoms with Gasteiger partial charge in [0.2, 0.25) is 0 Å². The molecule has 2 aliphatic rings. The van der Waals surface area contributed by atoms with Gasteiger partial charge < -0.3 is 12.4 Å². The predicted molar refractivity (Wildman–Crippen MR) is 80.3 cm³/mol. The number of anilines is 1. The second-order valence-corrected chi connectivity index (χ2v) is 5.42. The van der Waals surface area contributed by atoms with Gasteiger partial charge in [0.15, 0.2) is 12.1 Å². The van der Waals surface area contributed by atoms with Gasteiger partial charge in [-0.15, -0.1) is 0 Å². The first kappa shape index (κ1) is 14.5. The number of aromatic nitrogens is 1. The Morgan fingerprint density at radius 1 is 1.18 bits per heavy atom. The highest BCUT2D eigenvalue weighted by Crippen LogP contribution is 2.32. The van der Waals surface area contributed by atoms with Crippen LogP contribution >= 0.6 is 0 Å². The number of non-ortho nitro benzene ring substituents is 1. The van der Waals surface area contributed by atoms with Crippen molar-refractivity contribution >= 4 is 22.4 Å². The summed E-state index contributed by atoms with van der Waals surface area (Å²) < 4.78 is 2.25. The lowest BCUT2D eigenvalue weighted by Crippen LogP contribution is -3.00. The third kappa shape index (κ3) is 1.89. The van der Waals surface area contributed by atoms with Crippen LogP contribution in [-0.2, 0) is 0 Å². The van der Waals surface area contributed by atoms with E-state index in [4.69, 9.17) is 0 Å². The molecule has 0 bridgehead atoms. The number of benzene rings is 1. The zero-order valence-corrected chi connectivity index (χ0v) is 12.6. The minimum atomic E-state index is -0.352. The maximum atomic E-state index is 10.9. The molecular weight excluding hydrogens is 302 g/mol. The van der Waals surface area contributed by atoms with Crippen molar-refractivity contribution in [3.8, 4) is 0 Å². The topological polar surface area (TPSA) is 50.3 Å². The molecule has 0 saturated carbocycles. The second kappa shape index (κ2) is 5.10. The molecule has 0 amide bonds. The van der Waals surface area contributed by atoms with Crippen molar-refractivity contribution in [1.29, 1.82) is 0 Å². The fourth-order valence-electron chi connectivity index (χ4n) is 3.31. The summed E-state index contributed by atoms with van der Waals surface area (Å²) in [6.45, 7) is 0. The molecule has 112 valence electrons. The Bertz CT molecular complexity index is 831. The largest absolute Gasteiger partial charge is 1.00 e. The first-order valence-electron chi connectivity index (χ1n) is 6.87. The lowest BCUT2D eigenvalue weighted by atomic mass is 10.0. The monoisotopic (exact) mass is 315 g/mol. The van der Waals surface area contributed by atoms with Gasteiger partial charge >= 0.3 is 0 Å². The van der Waals surface area contributed by atoms with E-state index in [1.807, 2.05) is 18.2 Å². The van der Waals surface area contributed by atoms with Crippen molar-refractivity contribution in [3.63, 3.8) is 0 Å². The lowest BCUT2D eigenvalue weighted by Gasteiger charge is -2.15. The quantitative estimate of drug-likeness (QED) is 0.406. The highest BCUT2D eigenvalue weighted by atomic mass is 35.5. The molecule has 2 aromatic rings. The van der Waals surface area contributed by atoms with Crippen LogP contribution < -0.4 is 21.9 Å². The zero-order valence-electron chi connectivity index (χ0n) is 11.9. The van der Waals surface area contributed by atoms with Crippen molar-refractivity contribution in [2.45, 2.75) is 12.1 Å². The van der Waals surface area contributed by atoms with Gasteiger partial charge in [0.1, 0.15) is 5.52 Å². The van der Waals surface area contributed by atoms with Crippen LogP contribution in [0.5, 0.6) is 0 Å². The molecule has 4 rings (SSSR count). The summed E-state index contributed by atoms with van der Waals surface area (Å²) in [5, 5.41) is 11.8. The number of hydrogen-bond donors (Lipinski definition) is 0. The third-order valence-corrected chi connectivity index (χ3v) is 4.32. The number of nitro groups is 1. The summed E-state index contributed by atoms with van der Waals surface area (Å²) in [5.74, 6) is 1.13. The average Bonchev–Trinajstić information content (AvgIpc) is 2.80. The van der Waals surface area contributed by atoms with Crippen LogP contribution in [0.2, 0.25) is 0 Å². The van der Waals surface area contributed by atoms with E-state index in [2.05, 4.69) is 40.8 Å². The van der Waals surface area contributed by atoms with Crippen LogP contribution in [0.3, 0.4) is 0 Å². The molecule has 0 N–H and O–H groups in total. The maximum Gasteiger partial charge on any atom is 0.278 e. The molecule has 2 unspecified atom stereocenters. The molecule has 6 heteroatoms. The minimum Gasteiger partial charge on any atom is -1.00 e. The zero-order chi connectivity index (χ0) is 14.6. The third-order valence-electron chi connectivity index (χ3n) is 4.32. The van der Waals surface area contributed by atoms with Crippen molar-refractivity contribution in [3.05, 3.63) is 64.8 Å². The van der Waals surface area contributed by atoms with Crippen LogP contribution in [0.1, 0.15) is 6.04 Å². The lowest BCUT2D eigenvalue weighted by molar-refractivity contribution is -0.663. The highest BCUT2D eigenvalue weighted by Gasteiger charge is 2.42.